The van der Waals surface area contributed by atoms with Crippen molar-refractivity contribution in [2.75, 3.05) is 0 Å². The normalized spacial score (nSPS) is 34.3. The molecule has 0 aliphatic heterocycles. The third-order valence-corrected chi connectivity index (χ3v) is 5.81. The molecule has 1 N–H and O–H groups in total. The number of fused-ring (bicyclic) bond motifs is 1. The van der Waals surface area contributed by atoms with Gasteiger partial charge in [-0.05, 0) is 54.6 Å². The minimum Gasteiger partial charge on any atom is -0.388 e. The van der Waals surface area contributed by atoms with E-state index in [9.17, 15) is 5.11 Å². The van der Waals surface area contributed by atoms with Crippen LogP contribution in [-0.4, -0.2) is 5.11 Å². The fraction of sp³-hybridized carbons (Fsp3) is 0.684. The molecule has 1 nitrogen and oxygen atoms in total. The zero-order valence-electron chi connectivity index (χ0n) is 12.7. The first kappa shape index (κ1) is 14.1. The molecule has 0 amide bonds. The van der Waals surface area contributed by atoms with E-state index in [2.05, 4.69) is 31.2 Å². The van der Waals surface area contributed by atoms with Crippen LogP contribution >= 0.6 is 0 Å². The lowest BCUT2D eigenvalue weighted by molar-refractivity contribution is 0.0277. The van der Waals surface area contributed by atoms with E-state index in [1.165, 1.54) is 56.1 Å². The molecular weight excluding hydrogens is 244 g/mol. The Hall–Kier alpha value is -0.820. The number of hydrogen-bond donors (Lipinski definition) is 1. The summed E-state index contributed by atoms with van der Waals surface area (Å²) in [5.74, 6) is 2.08. The second-order valence-corrected chi connectivity index (χ2v) is 6.82. The predicted molar refractivity (Wildman–Crippen MR) is 83.6 cm³/mol. The van der Waals surface area contributed by atoms with Crippen LogP contribution in [-0.2, 0) is 6.42 Å². The SMILES string of the molecule is CCC1CCCCC1C1CCCc2ccccc2C1O. The highest BCUT2D eigenvalue weighted by atomic mass is 16.3. The van der Waals surface area contributed by atoms with Crippen LogP contribution in [0.15, 0.2) is 24.3 Å². The van der Waals surface area contributed by atoms with Gasteiger partial charge in [0.05, 0.1) is 6.10 Å². The van der Waals surface area contributed by atoms with Gasteiger partial charge >= 0.3 is 0 Å². The maximum atomic E-state index is 11.0. The molecule has 1 aromatic rings. The number of aliphatic hydroxyl groups excluding tert-OH is 1. The van der Waals surface area contributed by atoms with Gasteiger partial charge < -0.3 is 5.11 Å². The molecule has 0 spiro atoms. The Balaban J connectivity index is 1.86. The summed E-state index contributed by atoms with van der Waals surface area (Å²) < 4.78 is 0. The summed E-state index contributed by atoms with van der Waals surface area (Å²) in [6, 6.07) is 8.56. The van der Waals surface area contributed by atoms with E-state index in [1.807, 2.05) is 0 Å². The minimum atomic E-state index is -0.231. The summed E-state index contributed by atoms with van der Waals surface area (Å²) in [5, 5.41) is 11.0. The van der Waals surface area contributed by atoms with Crippen LogP contribution in [0.1, 0.15) is 69.1 Å². The topological polar surface area (TPSA) is 20.2 Å². The van der Waals surface area contributed by atoms with Crippen molar-refractivity contribution in [1.82, 2.24) is 0 Å². The zero-order chi connectivity index (χ0) is 13.9. The van der Waals surface area contributed by atoms with Crippen LogP contribution in [0.5, 0.6) is 0 Å². The Morgan fingerprint density at radius 1 is 1.00 bits per heavy atom. The molecule has 1 fully saturated rings. The van der Waals surface area contributed by atoms with Crippen LogP contribution in [0, 0.1) is 17.8 Å². The van der Waals surface area contributed by atoms with Gasteiger partial charge in [-0.1, -0.05) is 56.9 Å². The van der Waals surface area contributed by atoms with Crippen LogP contribution in [0.4, 0.5) is 0 Å². The van der Waals surface area contributed by atoms with Gasteiger partial charge in [-0.15, -0.1) is 0 Å². The molecule has 2 aliphatic rings. The monoisotopic (exact) mass is 272 g/mol. The fourth-order valence-electron chi connectivity index (χ4n) is 4.72. The first-order valence-electron chi connectivity index (χ1n) is 8.57. The van der Waals surface area contributed by atoms with E-state index in [0.717, 1.165) is 18.3 Å². The summed E-state index contributed by atoms with van der Waals surface area (Å²) >= 11 is 0. The molecule has 110 valence electrons. The Morgan fingerprint density at radius 3 is 2.60 bits per heavy atom. The Labute approximate surface area is 123 Å². The summed E-state index contributed by atoms with van der Waals surface area (Å²) in [6.45, 7) is 2.33. The van der Waals surface area contributed by atoms with Crippen molar-refractivity contribution < 1.29 is 5.11 Å². The van der Waals surface area contributed by atoms with E-state index in [0.29, 0.717) is 5.92 Å². The van der Waals surface area contributed by atoms with Crippen LogP contribution in [0.2, 0.25) is 0 Å². The average molecular weight is 272 g/mol. The highest BCUT2D eigenvalue weighted by molar-refractivity contribution is 5.30. The van der Waals surface area contributed by atoms with Gasteiger partial charge in [-0.3, -0.25) is 0 Å². The molecule has 0 heterocycles. The maximum absolute atomic E-state index is 11.0. The molecule has 0 saturated heterocycles. The van der Waals surface area contributed by atoms with Crippen molar-refractivity contribution in [1.29, 1.82) is 0 Å². The molecule has 1 aromatic carbocycles. The number of aliphatic hydroxyl groups is 1. The fourth-order valence-corrected chi connectivity index (χ4v) is 4.72. The number of aryl methyl sites for hydroxylation is 1. The highest BCUT2D eigenvalue weighted by Gasteiger charge is 2.36. The third-order valence-electron chi connectivity index (χ3n) is 5.81. The van der Waals surface area contributed by atoms with Crippen molar-refractivity contribution in [2.24, 2.45) is 17.8 Å². The van der Waals surface area contributed by atoms with Gasteiger partial charge in [0.15, 0.2) is 0 Å². The van der Waals surface area contributed by atoms with E-state index in [-0.39, 0.29) is 6.10 Å². The third kappa shape index (κ3) is 2.65. The lowest BCUT2D eigenvalue weighted by Crippen LogP contribution is -2.30. The van der Waals surface area contributed by atoms with Gasteiger partial charge in [-0.2, -0.15) is 0 Å². The maximum Gasteiger partial charge on any atom is 0.0823 e. The molecule has 3 rings (SSSR count). The van der Waals surface area contributed by atoms with Crippen molar-refractivity contribution in [3.05, 3.63) is 35.4 Å². The van der Waals surface area contributed by atoms with Gasteiger partial charge in [0.2, 0.25) is 0 Å². The van der Waals surface area contributed by atoms with Crippen molar-refractivity contribution in [3.8, 4) is 0 Å². The second kappa shape index (κ2) is 6.30. The summed E-state index contributed by atoms with van der Waals surface area (Å²) in [4.78, 5) is 0. The zero-order valence-corrected chi connectivity index (χ0v) is 12.7. The van der Waals surface area contributed by atoms with Gasteiger partial charge in [0.25, 0.3) is 0 Å². The lowest BCUT2D eigenvalue weighted by atomic mass is 9.68. The van der Waals surface area contributed by atoms with Gasteiger partial charge in [0.1, 0.15) is 0 Å². The molecule has 0 aromatic heterocycles. The minimum absolute atomic E-state index is 0.231. The smallest absolute Gasteiger partial charge is 0.0823 e. The van der Waals surface area contributed by atoms with Gasteiger partial charge in [0, 0.05) is 0 Å². The van der Waals surface area contributed by atoms with Crippen LogP contribution in [0.3, 0.4) is 0 Å². The quantitative estimate of drug-likeness (QED) is 0.760. The summed E-state index contributed by atoms with van der Waals surface area (Å²) in [6.07, 6.45) is 10.1. The van der Waals surface area contributed by atoms with E-state index >= 15 is 0 Å². The van der Waals surface area contributed by atoms with Crippen LogP contribution in [0.25, 0.3) is 0 Å². The van der Waals surface area contributed by atoms with Crippen LogP contribution < -0.4 is 0 Å². The first-order valence-corrected chi connectivity index (χ1v) is 8.57. The van der Waals surface area contributed by atoms with Gasteiger partial charge in [-0.25, -0.2) is 0 Å². The molecule has 1 saturated carbocycles. The van der Waals surface area contributed by atoms with Crippen molar-refractivity contribution >= 4 is 0 Å². The molecule has 0 radical (unpaired) electrons. The average Bonchev–Trinajstić information content (AvgIpc) is 2.67. The molecule has 4 unspecified atom stereocenters. The predicted octanol–water partition coefficient (Wildman–Crippen LogP) is 4.89. The largest absolute Gasteiger partial charge is 0.388 e. The first-order chi connectivity index (χ1) is 9.81. The standard InChI is InChI=1S/C19H28O/c1-2-14-8-3-5-11-16(14)18-13-7-10-15-9-4-6-12-17(15)19(18)20/h4,6,9,12,14,16,18-20H,2-3,5,7-8,10-11,13H2,1H3. The van der Waals surface area contributed by atoms with Crippen molar-refractivity contribution in [2.45, 2.75) is 64.4 Å². The molecule has 20 heavy (non-hydrogen) atoms. The number of hydrogen-bond acceptors (Lipinski definition) is 1. The Morgan fingerprint density at radius 2 is 1.75 bits per heavy atom. The van der Waals surface area contributed by atoms with Crippen molar-refractivity contribution in [3.63, 3.8) is 0 Å². The Kier molecular flexibility index (Phi) is 4.45. The van der Waals surface area contributed by atoms with E-state index in [1.54, 1.807) is 0 Å². The summed E-state index contributed by atoms with van der Waals surface area (Å²) in [7, 11) is 0. The number of rotatable bonds is 2. The molecule has 2 aliphatic carbocycles. The van der Waals surface area contributed by atoms with E-state index in [4.69, 9.17) is 0 Å². The lowest BCUT2D eigenvalue weighted by Gasteiger charge is -2.39. The second-order valence-electron chi connectivity index (χ2n) is 6.82. The van der Waals surface area contributed by atoms with E-state index < -0.39 is 0 Å². The summed E-state index contributed by atoms with van der Waals surface area (Å²) in [5.41, 5.74) is 2.60. The number of benzene rings is 1. The molecule has 0 bridgehead atoms. The molecular formula is C19H28O. The molecule has 1 heteroatoms. The Bertz CT molecular complexity index is 439. The molecule has 4 atom stereocenters. The highest BCUT2D eigenvalue weighted by Crippen LogP contribution is 2.45.